The van der Waals surface area contributed by atoms with Gasteiger partial charge in [0.25, 0.3) is 5.91 Å². The molecule has 3 aliphatic heterocycles. The van der Waals surface area contributed by atoms with Crippen LogP contribution in [-0.4, -0.2) is 73.3 Å². The van der Waals surface area contributed by atoms with Crippen molar-refractivity contribution in [2.45, 2.75) is 31.7 Å². The molecule has 3 aliphatic rings. The van der Waals surface area contributed by atoms with Gasteiger partial charge in [-0.25, -0.2) is 5.06 Å². The van der Waals surface area contributed by atoms with Crippen LogP contribution in [0.5, 0.6) is 11.5 Å². The third-order valence-corrected chi connectivity index (χ3v) is 6.11. The number of esters is 1. The van der Waals surface area contributed by atoms with Crippen molar-refractivity contribution in [2.24, 2.45) is 5.92 Å². The van der Waals surface area contributed by atoms with Crippen LogP contribution in [0.1, 0.15) is 36.5 Å². The molecule has 0 aromatic heterocycles. The van der Waals surface area contributed by atoms with Gasteiger partial charge in [-0.3, -0.25) is 19.2 Å². The van der Waals surface area contributed by atoms with Gasteiger partial charge in [0.15, 0.2) is 11.5 Å². The second-order valence-electron chi connectivity index (χ2n) is 7.64. The Bertz CT molecular complexity index is 848. The van der Waals surface area contributed by atoms with Gasteiger partial charge in [0.2, 0.25) is 5.91 Å². The quantitative estimate of drug-likeness (QED) is 0.682. The van der Waals surface area contributed by atoms with Crippen LogP contribution in [0.2, 0.25) is 0 Å². The molecule has 1 aromatic carbocycles. The Hall–Kier alpha value is -2.81. The van der Waals surface area contributed by atoms with E-state index in [2.05, 4.69) is 0 Å². The maximum absolute atomic E-state index is 13.1. The number of carbonyl (C=O) groups is 3. The van der Waals surface area contributed by atoms with E-state index in [1.54, 1.807) is 30.0 Å². The molecule has 0 radical (unpaired) electrons. The predicted octanol–water partition coefficient (Wildman–Crippen LogP) is 1.41. The molecule has 3 heterocycles. The fourth-order valence-corrected chi connectivity index (χ4v) is 4.62. The number of nitrogens with zero attached hydrogens (tertiary/aromatic N) is 2. The standard InChI is InChI=1S/C21H26N2O7/c1-3-30-23-18(24)13-15(20(26)27-2)21(23)6-8-22(9-7-21)19(25)14-4-5-16-17(12-14)29-11-10-28-16/h4-5,12,15H,3,6-11,13H2,1-2H3/t15-/m1/s1. The molecule has 2 fully saturated rings. The number of hydrogen-bond donors (Lipinski definition) is 0. The lowest BCUT2D eigenvalue weighted by Crippen LogP contribution is -2.58. The Balaban J connectivity index is 1.52. The van der Waals surface area contributed by atoms with E-state index >= 15 is 0 Å². The smallest absolute Gasteiger partial charge is 0.311 e. The number of rotatable bonds is 4. The lowest BCUT2D eigenvalue weighted by Gasteiger charge is -2.45. The Morgan fingerprint density at radius 3 is 2.53 bits per heavy atom. The first-order valence-electron chi connectivity index (χ1n) is 10.2. The highest BCUT2D eigenvalue weighted by molar-refractivity contribution is 5.95. The van der Waals surface area contributed by atoms with Crippen molar-refractivity contribution in [3.63, 3.8) is 0 Å². The molecule has 1 aromatic rings. The fourth-order valence-electron chi connectivity index (χ4n) is 4.62. The van der Waals surface area contributed by atoms with Gasteiger partial charge >= 0.3 is 5.97 Å². The van der Waals surface area contributed by atoms with E-state index < -0.39 is 17.4 Å². The van der Waals surface area contributed by atoms with Crippen molar-refractivity contribution in [1.29, 1.82) is 0 Å². The molecule has 2 amide bonds. The molecule has 1 atom stereocenters. The van der Waals surface area contributed by atoms with Gasteiger partial charge in [-0.05, 0) is 38.0 Å². The zero-order valence-corrected chi connectivity index (χ0v) is 17.2. The summed E-state index contributed by atoms with van der Waals surface area (Å²) in [6, 6.07) is 5.17. The van der Waals surface area contributed by atoms with Gasteiger partial charge in [0.1, 0.15) is 13.2 Å². The minimum Gasteiger partial charge on any atom is -0.486 e. The minimum absolute atomic E-state index is 0.0583. The van der Waals surface area contributed by atoms with Crippen molar-refractivity contribution in [2.75, 3.05) is 40.0 Å². The highest BCUT2D eigenvalue weighted by Gasteiger charge is 2.58. The highest BCUT2D eigenvalue weighted by atomic mass is 16.7. The monoisotopic (exact) mass is 418 g/mol. The summed E-state index contributed by atoms with van der Waals surface area (Å²) in [7, 11) is 1.32. The zero-order chi connectivity index (χ0) is 21.3. The van der Waals surface area contributed by atoms with Gasteiger partial charge in [0, 0.05) is 25.1 Å². The minimum atomic E-state index is -0.788. The van der Waals surface area contributed by atoms with E-state index in [9.17, 15) is 14.4 Å². The van der Waals surface area contributed by atoms with Gasteiger partial charge in [-0.2, -0.15) is 0 Å². The number of benzene rings is 1. The molecule has 1 spiro atoms. The number of ether oxygens (including phenoxy) is 3. The second-order valence-corrected chi connectivity index (χ2v) is 7.64. The number of fused-ring (bicyclic) bond motifs is 1. The van der Waals surface area contributed by atoms with Crippen LogP contribution in [0, 0.1) is 5.92 Å². The number of hydrogen-bond acceptors (Lipinski definition) is 7. The molecule has 2 saturated heterocycles. The Labute approximate surface area is 174 Å². The van der Waals surface area contributed by atoms with E-state index in [1.807, 2.05) is 0 Å². The number of carbonyl (C=O) groups excluding carboxylic acids is 3. The van der Waals surface area contributed by atoms with Crippen molar-refractivity contribution in [3.05, 3.63) is 23.8 Å². The number of hydroxylamine groups is 2. The first kappa shape index (κ1) is 20.5. The SMILES string of the molecule is CCON1C(=O)C[C@H](C(=O)OC)C12CCN(C(=O)c1ccc3c(c1)OCCO3)CC2. The van der Waals surface area contributed by atoms with E-state index in [4.69, 9.17) is 19.0 Å². The third-order valence-electron chi connectivity index (χ3n) is 6.11. The maximum atomic E-state index is 13.1. The van der Waals surface area contributed by atoms with Crippen LogP contribution in [0.4, 0.5) is 0 Å². The van der Waals surface area contributed by atoms with E-state index in [1.165, 1.54) is 12.2 Å². The van der Waals surface area contributed by atoms with Gasteiger partial charge in [-0.1, -0.05) is 0 Å². The summed E-state index contributed by atoms with van der Waals surface area (Å²) in [5.74, 6) is -0.170. The van der Waals surface area contributed by atoms with Crippen molar-refractivity contribution in [1.82, 2.24) is 9.96 Å². The van der Waals surface area contributed by atoms with Gasteiger partial charge in [0.05, 0.1) is 25.2 Å². The molecular formula is C21H26N2O7. The molecule has 4 rings (SSSR count). The average molecular weight is 418 g/mol. The largest absolute Gasteiger partial charge is 0.486 e. The molecule has 0 bridgehead atoms. The number of likely N-dealkylation sites (tertiary alicyclic amines) is 1. The van der Waals surface area contributed by atoms with Crippen LogP contribution < -0.4 is 9.47 Å². The van der Waals surface area contributed by atoms with Crippen molar-refractivity contribution >= 4 is 17.8 Å². The van der Waals surface area contributed by atoms with E-state index in [-0.39, 0.29) is 18.2 Å². The van der Waals surface area contributed by atoms with Crippen molar-refractivity contribution in [3.8, 4) is 11.5 Å². The molecular weight excluding hydrogens is 392 g/mol. The van der Waals surface area contributed by atoms with Gasteiger partial charge < -0.3 is 19.1 Å². The van der Waals surface area contributed by atoms with Crippen LogP contribution in [0.25, 0.3) is 0 Å². The zero-order valence-electron chi connectivity index (χ0n) is 17.2. The molecule has 9 nitrogen and oxygen atoms in total. The summed E-state index contributed by atoms with van der Waals surface area (Å²) in [4.78, 5) is 45.3. The Morgan fingerprint density at radius 2 is 1.87 bits per heavy atom. The summed E-state index contributed by atoms with van der Waals surface area (Å²) in [5, 5.41) is 1.36. The van der Waals surface area contributed by atoms with E-state index in [0.717, 1.165) is 0 Å². The van der Waals surface area contributed by atoms with E-state index in [0.29, 0.717) is 62.8 Å². The first-order valence-corrected chi connectivity index (χ1v) is 10.2. The summed E-state index contributed by atoms with van der Waals surface area (Å²) in [6.45, 7) is 3.86. The summed E-state index contributed by atoms with van der Waals surface area (Å²) < 4.78 is 16.0. The predicted molar refractivity (Wildman–Crippen MR) is 104 cm³/mol. The summed E-state index contributed by atoms with van der Waals surface area (Å²) in [6.07, 6.45) is 0.937. The third kappa shape index (κ3) is 3.36. The van der Waals surface area contributed by atoms with Gasteiger partial charge in [-0.15, -0.1) is 0 Å². The number of piperidine rings is 1. The summed E-state index contributed by atoms with van der Waals surface area (Å²) >= 11 is 0. The molecule has 0 aliphatic carbocycles. The summed E-state index contributed by atoms with van der Waals surface area (Å²) in [5.41, 5.74) is -0.270. The molecule has 9 heteroatoms. The number of amides is 2. The number of methoxy groups -OCH3 is 1. The fraction of sp³-hybridized carbons (Fsp3) is 0.571. The highest BCUT2D eigenvalue weighted by Crippen LogP contribution is 2.44. The van der Waals surface area contributed by atoms with Crippen LogP contribution in [-0.2, 0) is 19.2 Å². The maximum Gasteiger partial charge on any atom is 0.311 e. The van der Waals surface area contributed by atoms with Crippen LogP contribution in [0.15, 0.2) is 18.2 Å². The molecule has 30 heavy (non-hydrogen) atoms. The first-order chi connectivity index (χ1) is 14.5. The van der Waals surface area contributed by atoms with Crippen molar-refractivity contribution < 1.29 is 33.4 Å². The lowest BCUT2D eigenvalue weighted by atomic mass is 9.77. The topological polar surface area (TPSA) is 94.6 Å². The normalized spacial score (nSPS) is 22.3. The molecule has 0 saturated carbocycles. The Kier molecular flexibility index (Phi) is 5.55. The molecule has 0 N–H and O–H groups in total. The second kappa shape index (κ2) is 8.14. The van der Waals surface area contributed by atoms with Crippen LogP contribution >= 0.6 is 0 Å². The molecule has 162 valence electrons. The lowest BCUT2D eigenvalue weighted by molar-refractivity contribution is -0.220. The Morgan fingerprint density at radius 1 is 1.17 bits per heavy atom. The average Bonchev–Trinajstić information content (AvgIpc) is 3.04. The van der Waals surface area contributed by atoms with Crippen LogP contribution in [0.3, 0.4) is 0 Å². The molecule has 0 unspecified atom stereocenters.